The molecule has 1 unspecified atom stereocenters. The first-order chi connectivity index (χ1) is 17.3. The van der Waals surface area contributed by atoms with Gasteiger partial charge in [-0.05, 0) is 40.5 Å². The van der Waals surface area contributed by atoms with Crippen molar-refractivity contribution < 1.29 is 29.8 Å². The van der Waals surface area contributed by atoms with Crippen molar-refractivity contribution in [1.29, 1.82) is 0 Å². The maximum absolute atomic E-state index is 12.5. The lowest BCUT2D eigenvalue weighted by atomic mass is 9.98. The Bertz CT molecular complexity index is 1220. The summed E-state index contributed by atoms with van der Waals surface area (Å²) in [5, 5.41) is 53.9. The molecular weight excluding hydrogens is 472 g/mol. The van der Waals surface area contributed by atoms with Gasteiger partial charge < -0.3 is 36.1 Å². The lowest BCUT2D eigenvalue weighted by Crippen LogP contribution is -2.45. The Balaban J connectivity index is 1.40. The Labute approximate surface area is 205 Å². The van der Waals surface area contributed by atoms with Crippen LogP contribution in [0, 0.1) is 10.4 Å². The van der Waals surface area contributed by atoms with E-state index >= 15 is 0 Å². The zero-order valence-electron chi connectivity index (χ0n) is 18.7. The third kappa shape index (κ3) is 5.16. The fourth-order valence-electron chi connectivity index (χ4n) is 4.14. The Morgan fingerprint density at radius 3 is 2.14 bits per heavy atom. The summed E-state index contributed by atoms with van der Waals surface area (Å²) in [6.07, 6.45) is -0.944. The number of nitrogens with one attached hydrogen (secondary N) is 2. The van der Waals surface area contributed by atoms with Crippen LogP contribution in [0.15, 0.2) is 66.7 Å². The normalized spacial score (nSPS) is 12.8. The number of anilines is 3. The quantitative estimate of drug-likeness (QED) is 0.275. The maximum Gasteiger partial charge on any atom is 0.407 e. The van der Waals surface area contributed by atoms with Crippen molar-refractivity contribution in [1.82, 2.24) is 5.32 Å². The summed E-state index contributed by atoms with van der Waals surface area (Å²) in [6, 6.07) is 17.3. The number of fused-ring (bicyclic) bond motifs is 3. The van der Waals surface area contributed by atoms with Gasteiger partial charge in [0.1, 0.15) is 18.3 Å². The van der Waals surface area contributed by atoms with Gasteiger partial charge in [-0.1, -0.05) is 48.5 Å². The van der Waals surface area contributed by atoms with E-state index in [4.69, 9.17) is 4.74 Å². The highest BCUT2D eigenvalue weighted by molar-refractivity contribution is 5.82. The van der Waals surface area contributed by atoms with Gasteiger partial charge in [0.05, 0.1) is 5.69 Å². The van der Waals surface area contributed by atoms with Gasteiger partial charge >= 0.3 is 12.1 Å². The highest BCUT2D eigenvalue weighted by Gasteiger charge is 2.29. The molecule has 1 atom stereocenters. The van der Waals surface area contributed by atoms with Crippen LogP contribution in [0.4, 0.5) is 21.9 Å². The smallest absolute Gasteiger partial charge is 0.407 e. The molecule has 36 heavy (non-hydrogen) atoms. The van der Waals surface area contributed by atoms with Gasteiger partial charge in [-0.2, -0.15) is 0 Å². The van der Waals surface area contributed by atoms with Crippen molar-refractivity contribution >= 4 is 29.1 Å². The number of hydrogen-bond acceptors (Lipinski definition) is 10. The second kappa shape index (κ2) is 10.5. The van der Waals surface area contributed by atoms with Gasteiger partial charge in [0.25, 0.3) is 0 Å². The molecule has 5 N–H and O–H groups in total. The molecule has 12 nitrogen and oxygen atoms in total. The van der Waals surface area contributed by atoms with Crippen molar-refractivity contribution in [2.45, 2.75) is 12.0 Å². The standard InChI is InChI=1S/C24H22N4O8/c29-23(30)21(12-25-20-10-9-14(27(32)33)11-22(20)28(34)35)26-24(31)36-13-19-17-7-3-1-5-15(17)16-6-2-4-8-18(16)19/h1-11,19,21,25,34-35H,12-13H2,(H,26,31)(H,29,30)/q-2. The molecule has 4 rings (SSSR count). The number of carboxylic acid groups (broad SMARTS) is 1. The number of aliphatic carboxylic acids is 1. The monoisotopic (exact) mass is 494 g/mol. The molecular formula is C24H22N4O8-2. The van der Waals surface area contributed by atoms with Gasteiger partial charge in [0, 0.05) is 18.2 Å². The van der Waals surface area contributed by atoms with Gasteiger partial charge in [0.15, 0.2) is 0 Å². The molecule has 3 aromatic rings. The van der Waals surface area contributed by atoms with Gasteiger partial charge in [-0.3, -0.25) is 10.4 Å². The highest BCUT2D eigenvalue weighted by Crippen LogP contribution is 2.44. The van der Waals surface area contributed by atoms with Crippen LogP contribution in [0.5, 0.6) is 0 Å². The largest absolute Gasteiger partial charge is 0.769 e. The first kappa shape index (κ1) is 24.8. The van der Waals surface area contributed by atoms with Gasteiger partial charge in [-0.25, -0.2) is 9.59 Å². The van der Waals surface area contributed by atoms with Crippen LogP contribution in [0.25, 0.3) is 11.1 Å². The number of carbonyl (C=O) groups is 2. The second-order valence-electron chi connectivity index (χ2n) is 7.99. The van der Waals surface area contributed by atoms with Gasteiger partial charge in [-0.15, -0.1) is 5.23 Å². The summed E-state index contributed by atoms with van der Waals surface area (Å²) in [5.74, 6) is -1.57. The van der Waals surface area contributed by atoms with E-state index in [1.54, 1.807) is 0 Å². The van der Waals surface area contributed by atoms with E-state index in [1.807, 2.05) is 48.5 Å². The zero-order valence-corrected chi connectivity index (χ0v) is 18.7. The summed E-state index contributed by atoms with van der Waals surface area (Å²) in [5.41, 5.74) is 3.32. The highest BCUT2D eigenvalue weighted by atomic mass is 16.8. The Morgan fingerprint density at radius 1 is 0.972 bits per heavy atom. The van der Waals surface area contributed by atoms with Crippen LogP contribution in [0.1, 0.15) is 17.0 Å². The van der Waals surface area contributed by atoms with E-state index < -0.39 is 29.0 Å². The molecule has 3 aromatic carbocycles. The fourth-order valence-corrected chi connectivity index (χ4v) is 4.14. The molecule has 188 valence electrons. The van der Waals surface area contributed by atoms with E-state index in [2.05, 4.69) is 10.6 Å². The Morgan fingerprint density at radius 2 is 1.58 bits per heavy atom. The summed E-state index contributed by atoms with van der Waals surface area (Å²) >= 11 is 0. The third-order valence-electron chi connectivity index (χ3n) is 5.84. The molecule has 1 amide bonds. The second-order valence-corrected chi connectivity index (χ2v) is 7.99. The Kier molecular flexibility index (Phi) is 7.22. The molecule has 0 heterocycles. The first-order valence-electron chi connectivity index (χ1n) is 10.8. The molecule has 0 fully saturated rings. The molecule has 0 saturated heterocycles. The topological polar surface area (TPSA) is 181 Å². The van der Waals surface area contributed by atoms with Crippen molar-refractivity contribution in [3.8, 4) is 11.1 Å². The number of hydrogen-bond donors (Lipinski definition) is 5. The van der Waals surface area contributed by atoms with Crippen molar-refractivity contribution in [2.75, 3.05) is 28.9 Å². The lowest BCUT2D eigenvalue weighted by molar-refractivity contribution is -0.138. The number of nitrogens with zero attached hydrogens (tertiary/aromatic N) is 2. The van der Waals surface area contributed by atoms with Crippen molar-refractivity contribution in [3.63, 3.8) is 0 Å². The molecule has 12 heteroatoms. The molecule has 0 aliphatic heterocycles. The molecule has 0 aromatic heterocycles. The number of ether oxygens (including phenoxy) is 1. The predicted molar refractivity (Wildman–Crippen MR) is 130 cm³/mol. The number of amides is 1. The van der Waals surface area contributed by atoms with E-state index in [1.165, 1.54) is 6.07 Å². The van der Waals surface area contributed by atoms with Crippen LogP contribution in [-0.4, -0.2) is 46.8 Å². The summed E-state index contributed by atoms with van der Waals surface area (Å²) < 4.78 is 5.37. The fraction of sp³-hybridized carbons (Fsp3) is 0.167. The third-order valence-corrected chi connectivity index (χ3v) is 5.84. The van der Waals surface area contributed by atoms with E-state index in [0.29, 0.717) is 0 Å². The van der Waals surface area contributed by atoms with Crippen LogP contribution >= 0.6 is 0 Å². The number of carbonyl (C=O) groups excluding carboxylic acids is 1. The molecule has 0 bridgehead atoms. The molecule has 0 radical (unpaired) electrons. The van der Waals surface area contributed by atoms with Crippen molar-refractivity contribution in [2.24, 2.45) is 0 Å². The molecule has 0 saturated carbocycles. The summed E-state index contributed by atoms with van der Waals surface area (Å²) in [6.45, 7) is -0.381. The minimum Gasteiger partial charge on any atom is -0.769 e. The molecule has 1 aliphatic rings. The van der Waals surface area contributed by atoms with E-state index in [0.717, 1.165) is 34.4 Å². The average molecular weight is 494 g/mol. The SMILES string of the molecule is O=C(NC(CNc1ccc(N([O-])[O-])cc1N(O)O)C(=O)O)OCC1c2ccccc2-c2ccccc21. The van der Waals surface area contributed by atoms with Crippen LogP contribution in [0.3, 0.4) is 0 Å². The Hall–Kier alpha value is -4.36. The zero-order chi connectivity index (χ0) is 25.8. The average Bonchev–Trinajstić information content (AvgIpc) is 3.18. The number of benzene rings is 3. The van der Waals surface area contributed by atoms with E-state index in [-0.39, 0.29) is 35.7 Å². The first-order valence-corrected chi connectivity index (χ1v) is 10.8. The van der Waals surface area contributed by atoms with Crippen molar-refractivity contribution in [3.05, 3.63) is 88.3 Å². The number of alkyl carbamates (subject to hydrolysis) is 1. The molecule has 1 aliphatic carbocycles. The minimum atomic E-state index is -1.45. The van der Waals surface area contributed by atoms with Crippen LogP contribution in [0.2, 0.25) is 0 Å². The summed E-state index contributed by atoms with van der Waals surface area (Å²) in [4.78, 5) is 24.2. The van der Waals surface area contributed by atoms with Crippen LogP contribution in [-0.2, 0) is 9.53 Å². The minimum absolute atomic E-state index is 0.00386. The van der Waals surface area contributed by atoms with Gasteiger partial charge in [0.2, 0.25) is 0 Å². The lowest BCUT2D eigenvalue weighted by Gasteiger charge is -2.38. The number of carboxylic acids is 1. The number of rotatable bonds is 9. The predicted octanol–water partition coefficient (Wildman–Crippen LogP) is 3.48. The van der Waals surface area contributed by atoms with E-state index in [9.17, 15) is 35.5 Å². The van der Waals surface area contributed by atoms with Crippen LogP contribution < -0.4 is 21.1 Å². The molecule has 0 spiro atoms. The maximum atomic E-state index is 12.5. The summed E-state index contributed by atoms with van der Waals surface area (Å²) in [7, 11) is 0.